The van der Waals surface area contributed by atoms with Crippen LogP contribution in [-0.4, -0.2) is 38.8 Å². The van der Waals surface area contributed by atoms with E-state index < -0.39 is 28.7 Å². The highest BCUT2D eigenvalue weighted by atomic mass is 32.1. The van der Waals surface area contributed by atoms with Gasteiger partial charge in [-0.2, -0.15) is 0 Å². The van der Waals surface area contributed by atoms with E-state index in [1.165, 1.54) is 45.2 Å². The monoisotopic (exact) mass is 519 g/mol. The number of carbonyl (C=O) groups is 3. The maximum atomic E-state index is 12.8. The van der Waals surface area contributed by atoms with Gasteiger partial charge in [0.05, 0.1) is 16.2 Å². The smallest absolute Gasteiger partial charge is 0.348 e. The van der Waals surface area contributed by atoms with Crippen LogP contribution in [0.3, 0.4) is 0 Å². The van der Waals surface area contributed by atoms with Crippen LogP contribution in [0.1, 0.15) is 81.3 Å². The summed E-state index contributed by atoms with van der Waals surface area (Å²) < 4.78 is 0. The van der Waals surface area contributed by atoms with Gasteiger partial charge in [-0.25, -0.2) is 9.78 Å². The van der Waals surface area contributed by atoms with Crippen molar-refractivity contribution in [3.63, 3.8) is 0 Å². The van der Waals surface area contributed by atoms with Gasteiger partial charge in [-0.05, 0) is 42.9 Å². The molecule has 0 spiro atoms. The number of carboxylic acids is 1. The molecule has 2 aromatic rings. The minimum atomic E-state index is -0.982. The molecule has 1 unspecified atom stereocenters. The van der Waals surface area contributed by atoms with E-state index in [0.717, 1.165) is 37.0 Å². The topological polar surface area (TPSA) is 164 Å². The van der Waals surface area contributed by atoms with E-state index >= 15 is 0 Å². The second-order valence-corrected chi connectivity index (χ2v) is 9.49. The molecule has 0 radical (unpaired) electrons. The molecular formula is C24H33N5O6S. The Kier molecular flexibility index (Phi) is 11.3. The predicted molar refractivity (Wildman–Crippen MR) is 140 cm³/mol. The number of amides is 2. The van der Waals surface area contributed by atoms with E-state index in [0.29, 0.717) is 12.1 Å². The number of anilines is 3. The second kappa shape index (κ2) is 14.1. The molecule has 0 saturated heterocycles. The minimum Gasteiger partial charge on any atom is -0.480 e. The van der Waals surface area contributed by atoms with Crippen molar-refractivity contribution < 1.29 is 24.4 Å². The third kappa shape index (κ3) is 8.91. The van der Waals surface area contributed by atoms with E-state index in [4.69, 9.17) is 0 Å². The largest absolute Gasteiger partial charge is 0.480 e. The average molecular weight is 520 g/mol. The summed E-state index contributed by atoms with van der Waals surface area (Å²) in [6.07, 6.45) is 7.99. The molecule has 0 fully saturated rings. The number of unbranched alkanes of at least 4 members (excludes halogenated alkanes) is 6. The molecule has 0 bridgehead atoms. The minimum absolute atomic E-state index is 0.0563. The van der Waals surface area contributed by atoms with Crippen LogP contribution in [0.5, 0.6) is 0 Å². The number of benzene rings is 1. The predicted octanol–water partition coefficient (Wildman–Crippen LogP) is 5.58. The van der Waals surface area contributed by atoms with Gasteiger partial charge in [0.1, 0.15) is 11.7 Å². The fraction of sp³-hybridized carbons (Fsp3) is 0.500. The van der Waals surface area contributed by atoms with Crippen LogP contribution in [0.2, 0.25) is 0 Å². The van der Waals surface area contributed by atoms with E-state index in [1.807, 2.05) is 0 Å². The van der Waals surface area contributed by atoms with Gasteiger partial charge in [-0.1, -0.05) is 51.9 Å². The van der Waals surface area contributed by atoms with Crippen LogP contribution in [0, 0.1) is 17.0 Å². The normalized spacial score (nSPS) is 11.5. The standard InChI is InChI=1S/C24H33N5O6S/c1-4-5-6-7-8-9-10-11-19(23(32)33)27-17-12-13-18(20(14-17)26-16(3)30)21(31)28-24-25-15(2)22(36-24)29(34)35/h12-14,19,27H,4-11H2,1-3H3,(H,26,30)(H,32,33)(H,25,28,31). The molecule has 2 rings (SSSR count). The first kappa shape index (κ1) is 28.7. The van der Waals surface area contributed by atoms with E-state index in [-0.39, 0.29) is 27.1 Å². The van der Waals surface area contributed by atoms with Gasteiger partial charge in [0.2, 0.25) is 5.91 Å². The number of nitro groups is 1. The van der Waals surface area contributed by atoms with Crippen molar-refractivity contribution in [1.29, 1.82) is 0 Å². The molecule has 1 atom stereocenters. The van der Waals surface area contributed by atoms with Gasteiger partial charge in [-0.3, -0.25) is 25.0 Å². The third-order valence-electron chi connectivity index (χ3n) is 5.47. The van der Waals surface area contributed by atoms with Crippen LogP contribution < -0.4 is 16.0 Å². The summed E-state index contributed by atoms with van der Waals surface area (Å²) >= 11 is 0.733. The van der Waals surface area contributed by atoms with Gasteiger partial charge in [0.15, 0.2) is 5.13 Å². The fourth-order valence-corrected chi connectivity index (χ4v) is 4.44. The number of thiazole rings is 1. The van der Waals surface area contributed by atoms with Crippen molar-refractivity contribution in [1.82, 2.24) is 4.98 Å². The number of aryl methyl sites for hydroxylation is 1. The molecule has 1 aromatic carbocycles. The Morgan fingerprint density at radius 1 is 1.11 bits per heavy atom. The molecule has 36 heavy (non-hydrogen) atoms. The molecule has 0 aliphatic carbocycles. The number of nitrogens with one attached hydrogen (secondary N) is 3. The first-order valence-electron chi connectivity index (χ1n) is 12.0. The lowest BCUT2D eigenvalue weighted by atomic mass is 10.0. The summed E-state index contributed by atoms with van der Waals surface area (Å²) in [5, 5.41) is 28.6. The first-order valence-corrected chi connectivity index (χ1v) is 12.8. The van der Waals surface area contributed by atoms with E-state index in [9.17, 15) is 29.6 Å². The van der Waals surface area contributed by atoms with Crippen molar-refractivity contribution in [2.45, 2.75) is 78.2 Å². The maximum Gasteiger partial charge on any atom is 0.348 e. The van der Waals surface area contributed by atoms with Crippen molar-refractivity contribution in [2.75, 3.05) is 16.0 Å². The zero-order valence-corrected chi connectivity index (χ0v) is 21.6. The molecule has 11 nitrogen and oxygen atoms in total. The summed E-state index contributed by atoms with van der Waals surface area (Å²) in [5.41, 5.74) is 0.895. The molecule has 1 heterocycles. The Morgan fingerprint density at radius 3 is 2.36 bits per heavy atom. The first-order chi connectivity index (χ1) is 17.1. The summed E-state index contributed by atoms with van der Waals surface area (Å²) in [5.74, 6) is -2.02. The summed E-state index contributed by atoms with van der Waals surface area (Å²) in [4.78, 5) is 50.8. The summed E-state index contributed by atoms with van der Waals surface area (Å²) in [6, 6.07) is 3.68. The lowest BCUT2D eigenvalue weighted by Gasteiger charge is -2.18. The Morgan fingerprint density at radius 2 is 1.78 bits per heavy atom. The van der Waals surface area contributed by atoms with Gasteiger partial charge in [0.25, 0.3) is 5.91 Å². The molecule has 2 amide bonds. The van der Waals surface area contributed by atoms with Crippen LogP contribution in [0.25, 0.3) is 0 Å². The number of hydrogen-bond acceptors (Lipinski definition) is 8. The highest BCUT2D eigenvalue weighted by Gasteiger charge is 2.22. The molecule has 0 aliphatic heterocycles. The Hall–Kier alpha value is -3.54. The lowest BCUT2D eigenvalue weighted by molar-refractivity contribution is -0.380. The van der Waals surface area contributed by atoms with Gasteiger partial charge in [0, 0.05) is 12.6 Å². The zero-order valence-electron chi connectivity index (χ0n) is 20.8. The SMILES string of the molecule is CCCCCCCCCC(Nc1ccc(C(=O)Nc2nc(C)c([N+](=O)[O-])s2)c(NC(C)=O)c1)C(=O)O. The van der Waals surface area contributed by atoms with Crippen molar-refractivity contribution in [3.8, 4) is 0 Å². The average Bonchev–Trinajstić information content (AvgIpc) is 3.17. The highest BCUT2D eigenvalue weighted by Crippen LogP contribution is 2.31. The number of aromatic nitrogens is 1. The van der Waals surface area contributed by atoms with Gasteiger partial charge >= 0.3 is 11.0 Å². The number of carboxylic acid groups (broad SMARTS) is 1. The summed E-state index contributed by atoms with van der Waals surface area (Å²) in [7, 11) is 0. The Labute approximate surface area is 213 Å². The number of nitrogens with zero attached hydrogens (tertiary/aromatic N) is 2. The Balaban J connectivity index is 2.10. The van der Waals surface area contributed by atoms with E-state index in [1.54, 1.807) is 6.07 Å². The quantitative estimate of drug-likeness (QED) is 0.135. The fourth-order valence-electron chi connectivity index (χ4n) is 3.66. The van der Waals surface area contributed by atoms with Crippen LogP contribution in [-0.2, 0) is 9.59 Å². The maximum absolute atomic E-state index is 12.8. The molecule has 12 heteroatoms. The van der Waals surface area contributed by atoms with Gasteiger partial charge < -0.3 is 15.7 Å². The third-order valence-corrected chi connectivity index (χ3v) is 6.49. The lowest BCUT2D eigenvalue weighted by Crippen LogP contribution is -2.29. The van der Waals surface area contributed by atoms with Crippen LogP contribution >= 0.6 is 11.3 Å². The molecular weight excluding hydrogens is 486 g/mol. The van der Waals surface area contributed by atoms with Crippen molar-refractivity contribution in [2.24, 2.45) is 0 Å². The summed E-state index contributed by atoms with van der Waals surface area (Å²) in [6.45, 7) is 4.92. The molecule has 196 valence electrons. The number of hydrogen-bond donors (Lipinski definition) is 4. The van der Waals surface area contributed by atoms with Gasteiger partial charge in [-0.15, -0.1) is 0 Å². The Bertz CT molecular complexity index is 1090. The molecule has 0 aliphatic rings. The number of rotatable bonds is 15. The molecule has 4 N–H and O–H groups in total. The number of carbonyl (C=O) groups excluding carboxylic acids is 2. The number of aliphatic carboxylic acids is 1. The zero-order chi connectivity index (χ0) is 26.7. The molecule has 1 aromatic heterocycles. The highest BCUT2D eigenvalue weighted by molar-refractivity contribution is 7.19. The molecule has 0 saturated carbocycles. The van der Waals surface area contributed by atoms with Crippen LogP contribution in [0.4, 0.5) is 21.5 Å². The van der Waals surface area contributed by atoms with Crippen molar-refractivity contribution in [3.05, 3.63) is 39.6 Å². The van der Waals surface area contributed by atoms with Crippen molar-refractivity contribution >= 4 is 50.6 Å². The second-order valence-electron chi connectivity index (χ2n) is 8.51. The van der Waals surface area contributed by atoms with Crippen LogP contribution in [0.15, 0.2) is 18.2 Å². The van der Waals surface area contributed by atoms with E-state index in [2.05, 4.69) is 27.9 Å².